The fourth-order valence-electron chi connectivity index (χ4n) is 2.96. The highest BCUT2D eigenvalue weighted by Gasteiger charge is 2.26. The summed E-state index contributed by atoms with van der Waals surface area (Å²) >= 11 is 1.59. The molecule has 0 unspecified atom stereocenters. The SMILES string of the molecule is CC(C)c1ccc([C@@H](NS(=O)(=O)Cc2ccc3sccc3c2)C(=O)NO)cc1. The molecule has 0 fully saturated rings. The van der Waals surface area contributed by atoms with Crippen molar-refractivity contribution >= 4 is 37.4 Å². The Morgan fingerprint density at radius 3 is 2.39 bits per heavy atom. The maximum absolute atomic E-state index is 12.7. The first-order chi connectivity index (χ1) is 13.3. The third-order valence-electron chi connectivity index (χ3n) is 4.48. The van der Waals surface area contributed by atoms with Crippen molar-refractivity contribution in [2.45, 2.75) is 31.6 Å². The summed E-state index contributed by atoms with van der Waals surface area (Å²) in [5.41, 5.74) is 3.69. The fourth-order valence-corrected chi connectivity index (χ4v) is 5.03. The minimum absolute atomic E-state index is 0.266. The highest BCUT2D eigenvalue weighted by Crippen LogP contribution is 2.24. The van der Waals surface area contributed by atoms with E-state index in [0.29, 0.717) is 17.0 Å². The molecule has 1 atom stereocenters. The van der Waals surface area contributed by atoms with Gasteiger partial charge in [-0.15, -0.1) is 11.3 Å². The number of nitrogens with one attached hydrogen (secondary N) is 2. The zero-order valence-corrected chi connectivity index (χ0v) is 17.2. The molecule has 3 aromatic rings. The lowest BCUT2D eigenvalue weighted by atomic mass is 9.99. The number of hydrogen-bond donors (Lipinski definition) is 3. The second-order valence-corrected chi connectivity index (χ2v) is 9.60. The van der Waals surface area contributed by atoms with E-state index < -0.39 is 22.0 Å². The Labute approximate surface area is 168 Å². The minimum atomic E-state index is -3.83. The Balaban J connectivity index is 1.83. The summed E-state index contributed by atoms with van der Waals surface area (Å²) in [6.07, 6.45) is 0. The van der Waals surface area contributed by atoms with Crippen LogP contribution in [0, 0.1) is 0 Å². The molecule has 0 saturated heterocycles. The van der Waals surface area contributed by atoms with Crippen molar-refractivity contribution in [3.63, 3.8) is 0 Å². The standard InChI is InChI=1S/C20H22N2O4S2/c1-13(2)15-4-6-16(7-5-15)19(20(23)21-24)22-28(25,26)12-14-3-8-18-17(11-14)9-10-27-18/h3-11,13,19,22,24H,12H2,1-2H3,(H,21,23)/t19-/m1/s1. The molecule has 1 heterocycles. The summed E-state index contributed by atoms with van der Waals surface area (Å²) in [6.45, 7) is 4.08. The Kier molecular flexibility index (Phi) is 6.14. The molecule has 0 aliphatic carbocycles. The Morgan fingerprint density at radius 1 is 1.07 bits per heavy atom. The topological polar surface area (TPSA) is 95.5 Å². The molecule has 3 N–H and O–H groups in total. The zero-order chi connectivity index (χ0) is 20.3. The van der Waals surface area contributed by atoms with Crippen molar-refractivity contribution < 1.29 is 18.4 Å². The van der Waals surface area contributed by atoms with Crippen LogP contribution < -0.4 is 10.2 Å². The van der Waals surface area contributed by atoms with Crippen molar-refractivity contribution in [2.75, 3.05) is 0 Å². The Bertz CT molecular complexity index is 1070. The fraction of sp³-hybridized carbons (Fsp3) is 0.250. The van der Waals surface area contributed by atoms with Crippen LogP contribution >= 0.6 is 11.3 Å². The van der Waals surface area contributed by atoms with Crippen molar-refractivity contribution in [1.82, 2.24) is 10.2 Å². The molecule has 0 radical (unpaired) electrons. The van der Waals surface area contributed by atoms with Gasteiger partial charge in [0.25, 0.3) is 5.91 Å². The van der Waals surface area contributed by atoms with Crippen LogP contribution in [0.3, 0.4) is 0 Å². The van der Waals surface area contributed by atoms with Crippen LogP contribution in [0.5, 0.6) is 0 Å². The van der Waals surface area contributed by atoms with E-state index in [1.54, 1.807) is 35.0 Å². The summed E-state index contributed by atoms with van der Waals surface area (Å²) in [7, 11) is -3.83. The van der Waals surface area contributed by atoms with Crippen LogP contribution in [0.25, 0.3) is 10.1 Å². The second kappa shape index (κ2) is 8.40. The van der Waals surface area contributed by atoms with Crippen LogP contribution in [0.4, 0.5) is 0 Å². The van der Waals surface area contributed by atoms with E-state index in [1.165, 1.54) is 0 Å². The molecule has 1 aromatic heterocycles. The monoisotopic (exact) mass is 418 g/mol. The van der Waals surface area contributed by atoms with Crippen molar-refractivity contribution in [1.29, 1.82) is 0 Å². The lowest BCUT2D eigenvalue weighted by molar-refractivity contribution is -0.131. The van der Waals surface area contributed by atoms with Gasteiger partial charge in [0.15, 0.2) is 0 Å². The van der Waals surface area contributed by atoms with Gasteiger partial charge in [-0.25, -0.2) is 13.9 Å². The number of hydroxylamine groups is 1. The second-order valence-electron chi connectivity index (χ2n) is 6.90. The number of amides is 1. The van der Waals surface area contributed by atoms with Crippen LogP contribution in [0.15, 0.2) is 53.9 Å². The first-order valence-electron chi connectivity index (χ1n) is 8.79. The summed E-state index contributed by atoms with van der Waals surface area (Å²) in [4.78, 5) is 12.1. The molecule has 2 aromatic carbocycles. The molecular weight excluding hydrogens is 396 g/mol. The van der Waals surface area contributed by atoms with Gasteiger partial charge in [0.05, 0.1) is 5.75 Å². The molecule has 0 saturated carbocycles. The van der Waals surface area contributed by atoms with E-state index in [4.69, 9.17) is 5.21 Å². The van der Waals surface area contributed by atoms with E-state index in [1.807, 2.05) is 49.6 Å². The van der Waals surface area contributed by atoms with E-state index in [2.05, 4.69) is 4.72 Å². The number of sulfonamides is 1. The van der Waals surface area contributed by atoms with Gasteiger partial charge in [-0.2, -0.15) is 4.72 Å². The molecule has 8 heteroatoms. The lowest BCUT2D eigenvalue weighted by Crippen LogP contribution is -2.39. The van der Waals surface area contributed by atoms with Crippen molar-refractivity contribution in [3.05, 3.63) is 70.6 Å². The largest absolute Gasteiger partial charge is 0.289 e. The summed E-state index contributed by atoms with van der Waals surface area (Å²) < 4.78 is 28.8. The first kappa shape index (κ1) is 20.5. The van der Waals surface area contributed by atoms with Gasteiger partial charge in [0.2, 0.25) is 10.0 Å². The maximum Gasteiger partial charge on any atom is 0.266 e. The van der Waals surface area contributed by atoms with Gasteiger partial charge in [0.1, 0.15) is 6.04 Å². The van der Waals surface area contributed by atoms with Gasteiger partial charge in [-0.05, 0) is 51.6 Å². The molecule has 148 valence electrons. The van der Waals surface area contributed by atoms with Gasteiger partial charge in [-0.1, -0.05) is 44.2 Å². The number of thiophene rings is 1. The molecule has 0 aliphatic rings. The van der Waals surface area contributed by atoms with Gasteiger partial charge in [-0.3, -0.25) is 10.0 Å². The molecule has 3 rings (SSSR count). The number of hydrogen-bond acceptors (Lipinski definition) is 5. The highest BCUT2D eigenvalue weighted by atomic mass is 32.2. The predicted octanol–water partition coefficient (Wildman–Crippen LogP) is 3.69. The third kappa shape index (κ3) is 4.77. The van der Waals surface area contributed by atoms with Gasteiger partial charge in [0, 0.05) is 4.70 Å². The molecule has 28 heavy (non-hydrogen) atoms. The highest BCUT2D eigenvalue weighted by molar-refractivity contribution is 7.88. The van der Waals surface area contributed by atoms with Crippen molar-refractivity contribution in [3.8, 4) is 0 Å². The molecule has 0 bridgehead atoms. The van der Waals surface area contributed by atoms with E-state index >= 15 is 0 Å². The first-order valence-corrected chi connectivity index (χ1v) is 11.3. The molecule has 6 nitrogen and oxygen atoms in total. The van der Waals surface area contributed by atoms with Gasteiger partial charge >= 0.3 is 0 Å². The van der Waals surface area contributed by atoms with E-state index in [-0.39, 0.29) is 5.75 Å². The maximum atomic E-state index is 12.7. The summed E-state index contributed by atoms with van der Waals surface area (Å²) in [6, 6.07) is 13.2. The summed E-state index contributed by atoms with van der Waals surface area (Å²) in [5, 5.41) is 12.0. The quantitative estimate of drug-likeness (QED) is 0.403. The minimum Gasteiger partial charge on any atom is -0.289 e. The Morgan fingerprint density at radius 2 is 1.75 bits per heavy atom. The number of fused-ring (bicyclic) bond motifs is 1. The molecule has 0 aliphatic heterocycles. The molecule has 0 spiro atoms. The van der Waals surface area contributed by atoms with Crippen LogP contribution in [-0.4, -0.2) is 19.5 Å². The van der Waals surface area contributed by atoms with Crippen LogP contribution in [0.2, 0.25) is 0 Å². The average Bonchev–Trinajstić information content (AvgIpc) is 3.13. The average molecular weight is 419 g/mol. The van der Waals surface area contributed by atoms with Crippen LogP contribution in [-0.2, 0) is 20.6 Å². The van der Waals surface area contributed by atoms with E-state index in [9.17, 15) is 13.2 Å². The molecular formula is C20H22N2O4S2. The normalized spacial score (nSPS) is 13.0. The lowest BCUT2D eigenvalue weighted by Gasteiger charge is -2.18. The molecule has 1 amide bonds. The smallest absolute Gasteiger partial charge is 0.266 e. The number of benzene rings is 2. The number of rotatable bonds is 7. The third-order valence-corrected chi connectivity index (χ3v) is 6.69. The number of carbonyl (C=O) groups is 1. The zero-order valence-electron chi connectivity index (χ0n) is 15.5. The van der Waals surface area contributed by atoms with E-state index in [0.717, 1.165) is 15.6 Å². The van der Waals surface area contributed by atoms with Crippen LogP contribution in [0.1, 0.15) is 42.5 Å². The van der Waals surface area contributed by atoms with Gasteiger partial charge < -0.3 is 0 Å². The van der Waals surface area contributed by atoms with Crippen molar-refractivity contribution in [2.24, 2.45) is 0 Å². The Hall–Kier alpha value is -2.26. The predicted molar refractivity (Wildman–Crippen MR) is 111 cm³/mol. The summed E-state index contributed by atoms with van der Waals surface area (Å²) in [5.74, 6) is -0.796. The number of carbonyl (C=O) groups excluding carboxylic acids is 1.